The van der Waals surface area contributed by atoms with Crippen LogP contribution >= 0.6 is 11.6 Å². The van der Waals surface area contributed by atoms with Crippen LogP contribution in [-0.2, 0) is 27.2 Å². The highest BCUT2D eigenvalue weighted by Gasteiger charge is 2.08. The molecule has 0 bridgehead atoms. The zero-order valence-electron chi connectivity index (χ0n) is 12.6. The number of nitrogens with one attached hydrogen (secondary N) is 1. The first-order valence-corrected chi connectivity index (χ1v) is 7.70. The number of aryl methyl sites for hydroxylation is 1. The van der Waals surface area contributed by atoms with Gasteiger partial charge in [0, 0.05) is 18.0 Å². The van der Waals surface area contributed by atoms with Gasteiger partial charge in [-0.25, -0.2) is 0 Å². The largest absolute Gasteiger partial charge is 0.469 e. The summed E-state index contributed by atoms with van der Waals surface area (Å²) in [4.78, 5) is 23.1. The second-order valence-corrected chi connectivity index (χ2v) is 5.40. The Balaban J connectivity index is 1.57. The van der Waals surface area contributed by atoms with E-state index in [1.165, 1.54) is 0 Å². The predicted molar refractivity (Wildman–Crippen MR) is 86.2 cm³/mol. The number of halogens is 1. The highest BCUT2D eigenvalue weighted by Crippen LogP contribution is 2.09. The monoisotopic (exact) mass is 335 g/mol. The summed E-state index contributed by atoms with van der Waals surface area (Å²) in [5.41, 5.74) is 1.07. The zero-order valence-corrected chi connectivity index (χ0v) is 13.3. The fourth-order valence-electron chi connectivity index (χ4n) is 1.95. The van der Waals surface area contributed by atoms with E-state index in [9.17, 15) is 9.59 Å². The topological polar surface area (TPSA) is 68.5 Å². The van der Waals surface area contributed by atoms with Crippen LogP contribution in [0.3, 0.4) is 0 Å². The smallest absolute Gasteiger partial charge is 0.306 e. The zero-order chi connectivity index (χ0) is 16.5. The summed E-state index contributed by atoms with van der Waals surface area (Å²) in [6.07, 6.45) is 2.89. The molecular weight excluding hydrogens is 318 g/mol. The number of hydrogen-bond acceptors (Lipinski definition) is 4. The van der Waals surface area contributed by atoms with E-state index < -0.39 is 5.97 Å². The molecule has 0 saturated heterocycles. The van der Waals surface area contributed by atoms with Crippen LogP contribution in [-0.4, -0.2) is 25.0 Å². The molecule has 0 atom stereocenters. The molecular formula is C17H18ClNO4. The quantitative estimate of drug-likeness (QED) is 0.753. The van der Waals surface area contributed by atoms with E-state index in [1.807, 2.05) is 12.1 Å². The number of hydrogen-bond donors (Lipinski definition) is 1. The van der Waals surface area contributed by atoms with Gasteiger partial charge >= 0.3 is 5.97 Å². The first-order chi connectivity index (χ1) is 11.1. The maximum atomic E-state index is 11.6. The van der Waals surface area contributed by atoms with E-state index in [-0.39, 0.29) is 18.9 Å². The average Bonchev–Trinajstić information content (AvgIpc) is 3.06. The van der Waals surface area contributed by atoms with Gasteiger partial charge < -0.3 is 14.5 Å². The van der Waals surface area contributed by atoms with Crippen molar-refractivity contribution < 1.29 is 18.7 Å². The fraction of sp³-hybridized carbons (Fsp3) is 0.294. The molecule has 0 aliphatic heterocycles. The third kappa shape index (κ3) is 6.57. The summed E-state index contributed by atoms with van der Waals surface area (Å²) in [7, 11) is 0. The highest BCUT2D eigenvalue weighted by molar-refractivity contribution is 6.30. The van der Waals surface area contributed by atoms with Crippen LogP contribution in [0.4, 0.5) is 0 Å². The Bertz CT molecular complexity index is 623. The number of amides is 1. The summed E-state index contributed by atoms with van der Waals surface area (Å²) < 4.78 is 10.0. The maximum absolute atomic E-state index is 11.6. The minimum Gasteiger partial charge on any atom is -0.469 e. The van der Waals surface area contributed by atoms with Crippen LogP contribution in [0.25, 0.3) is 0 Å². The van der Waals surface area contributed by atoms with Crippen LogP contribution in [0.2, 0.25) is 5.02 Å². The van der Waals surface area contributed by atoms with Gasteiger partial charge in [0.2, 0.25) is 0 Å². The van der Waals surface area contributed by atoms with Crippen molar-refractivity contribution >= 4 is 23.5 Å². The Morgan fingerprint density at radius 2 is 1.91 bits per heavy atom. The van der Waals surface area contributed by atoms with Crippen molar-refractivity contribution in [3.8, 4) is 0 Å². The third-order valence-electron chi connectivity index (χ3n) is 3.17. The molecule has 0 saturated carbocycles. The van der Waals surface area contributed by atoms with Crippen molar-refractivity contribution in [1.82, 2.24) is 5.32 Å². The normalized spacial score (nSPS) is 10.3. The lowest BCUT2D eigenvalue weighted by Gasteiger charge is -2.06. The number of benzene rings is 1. The number of furan rings is 1. The number of carbonyl (C=O) groups excluding carboxylic acids is 2. The van der Waals surface area contributed by atoms with Crippen molar-refractivity contribution in [2.45, 2.75) is 19.3 Å². The molecule has 5 nitrogen and oxygen atoms in total. The molecule has 1 aromatic heterocycles. The summed E-state index contributed by atoms with van der Waals surface area (Å²) in [6, 6.07) is 11.0. The van der Waals surface area contributed by atoms with Gasteiger partial charge in [0.15, 0.2) is 6.61 Å². The molecule has 0 spiro atoms. The van der Waals surface area contributed by atoms with Gasteiger partial charge in [-0.3, -0.25) is 9.59 Å². The molecule has 122 valence electrons. The lowest BCUT2D eigenvalue weighted by atomic mass is 10.1. The Kier molecular flexibility index (Phi) is 6.69. The fourth-order valence-corrected chi connectivity index (χ4v) is 2.07. The number of rotatable bonds is 8. The Morgan fingerprint density at radius 1 is 1.13 bits per heavy atom. The molecule has 1 N–H and O–H groups in total. The molecule has 0 aliphatic rings. The molecule has 1 amide bonds. The maximum Gasteiger partial charge on any atom is 0.306 e. The second kappa shape index (κ2) is 9.00. The summed E-state index contributed by atoms with van der Waals surface area (Å²) in [5, 5.41) is 3.38. The minimum atomic E-state index is -0.422. The van der Waals surface area contributed by atoms with Crippen LogP contribution in [0.1, 0.15) is 17.7 Å². The van der Waals surface area contributed by atoms with Gasteiger partial charge in [0.05, 0.1) is 12.7 Å². The summed E-state index contributed by atoms with van der Waals surface area (Å²) in [5.74, 6) is -0.0195. The minimum absolute atomic E-state index is 0.186. The lowest BCUT2D eigenvalue weighted by molar-refractivity contribution is -0.148. The van der Waals surface area contributed by atoms with Gasteiger partial charge in [-0.1, -0.05) is 23.7 Å². The average molecular weight is 336 g/mol. The SMILES string of the molecule is O=C(COC(=O)CCc1ccco1)NCCc1ccc(Cl)cc1. The summed E-state index contributed by atoms with van der Waals surface area (Å²) in [6.45, 7) is 0.210. The van der Waals surface area contributed by atoms with Crippen molar-refractivity contribution in [3.05, 3.63) is 59.0 Å². The van der Waals surface area contributed by atoms with E-state index in [0.717, 1.165) is 11.3 Å². The molecule has 0 aliphatic carbocycles. The van der Waals surface area contributed by atoms with Gasteiger partial charge in [-0.05, 0) is 36.2 Å². The van der Waals surface area contributed by atoms with Crippen LogP contribution in [0.5, 0.6) is 0 Å². The van der Waals surface area contributed by atoms with E-state index in [2.05, 4.69) is 5.32 Å². The van der Waals surface area contributed by atoms with E-state index in [0.29, 0.717) is 24.4 Å². The molecule has 2 rings (SSSR count). The van der Waals surface area contributed by atoms with Gasteiger partial charge in [0.25, 0.3) is 5.91 Å². The van der Waals surface area contributed by atoms with Crippen molar-refractivity contribution in [1.29, 1.82) is 0 Å². The van der Waals surface area contributed by atoms with Gasteiger partial charge in [-0.15, -0.1) is 0 Å². The second-order valence-electron chi connectivity index (χ2n) is 4.97. The molecule has 0 unspecified atom stereocenters. The van der Waals surface area contributed by atoms with Gasteiger partial charge in [0.1, 0.15) is 5.76 Å². The number of esters is 1. The standard InChI is InChI=1S/C17H18ClNO4/c18-14-5-3-13(4-6-14)9-10-19-16(20)12-23-17(21)8-7-15-2-1-11-22-15/h1-6,11H,7-10,12H2,(H,19,20). The van der Waals surface area contributed by atoms with Crippen LogP contribution in [0, 0.1) is 0 Å². The Labute approximate surface area is 139 Å². The van der Waals surface area contributed by atoms with Crippen molar-refractivity contribution in [3.63, 3.8) is 0 Å². The first kappa shape index (κ1) is 17.1. The summed E-state index contributed by atoms with van der Waals surface area (Å²) >= 11 is 5.80. The molecule has 6 heteroatoms. The molecule has 1 heterocycles. The van der Waals surface area contributed by atoms with Crippen molar-refractivity contribution in [2.75, 3.05) is 13.2 Å². The first-order valence-electron chi connectivity index (χ1n) is 7.32. The molecule has 23 heavy (non-hydrogen) atoms. The Hall–Kier alpha value is -2.27. The molecule has 0 fully saturated rings. The molecule has 1 aromatic carbocycles. The van der Waals surface area contributed by atoms with Crippen LogP contribution in [0.15, 0.2) is 47.1 Å². The lowest BCUT2D eigenvalue weighted by Crippen LogP contribution is -2.30. The third-order valence-corrected chi connectivity index (χ3v) is 3.42. The van der Waals surface area contributed by atoms with E-state index >= 15 is 0 Å². The van der Waals surface area contributed by atoms with Gasteiger partial charge in [-0.2, -0.15) is 0 Å². The highest BCUT2D eigenvalue weighted by atomic mass is 35.5. The Morgan fingerprint density at radius 3 is 2.61 bits per heavy atom. The van der Waals surface area contributed by atoms with E-state index in [1.54, 1.807) is 30.5 Å². The number of ether oxygens (including phenoxy) is 1. The van der Waals surface area contributed by atoms with Crippen molar-refractivity contribution in [2.24, 2.45) is 0 Å². The predicted octanol–water partition coefficient (Wildman–Crippen LogP) is 2.77. The number of carbonyl (C=O) groups is 2. The van der Waals surface area contributed by atoms with Crippen LogP contribution < -0.4 is 5.32 Å². The molecule has 2 aromatic rings. The molecule has 0 radical (unpaired) electrons. The van der Waals surface area contributed by atoms with E-state index in [4.69, 9.17) is 20.8 Å².